The highest BCUT2D eigenvalue weighted by Gasteiger charge is 2.31. The SMILES string of the molecule is COc1ccc(Br)cc1CC(=O)N1CC[C@@H]2CNC[C@@H]2CC1. The number of ether oxygens (including phenoxy) is 1. The number of nitrogens with one attached hydrogen (secondary N) is 1. The maximum atomic E-state index is 12.7. The van der Waals surface area contributed by atoms with Crippen LogP contribution in [0.3, 0.4) is 0 Å². The lowest BCUT2D eigenvalue weighted by Crippen LogP contribution is -2.34. The van der Waals surface area contributed by atoms with Crippen LogP contribution in [0.1, 0.15) is 18.4 Å². The van der Waals surface area contributed by atoms with Crippen molar-refractivity contribution in [1.29, 1.82) is 0 Å². The maximum Gasteiger partial charge on any atom is 0.227 e. The van der Waals surface area contributed by atoms with Crippen LogP contribution in [0.5, 0.6) is 5.75 Å². The number of halogens is 1. The summed E-state index contributed by atoms with van der Waals surface area (Å²) in [7, 11) is 1.65. The normalized spacial score (nSPS) is 24.7. The second kappa shape index (κ2) is 7.01. The Morgan fingerprint density at radius 1 is 1.32 bits per heavy atom. The van der Waals surface area contributed by atoms with Gasteiger partial charge in [0.1, 0.15) is 5.75 Å². The number of carbonyl (C=O) groups excluding carboxylic acids is 1. The zero-order chi connectivity index (χ0) is 15.5. The number of likely N-dealkylation sites (tertiary alicyclic amines) is 1. The molecule has 2 heterocycles. The number of nitrogens with zero attached hydrogens (tertiary/aromatic N) is 1. The number of hydrogen-bond acceptors (Lipinski definition) is 3. The van der Waals surface area contributed by atoms with Gasteiger partial charge in [0.25, 0.3) is 0 Å². The van der Waals surface area contributed by atoms with E-state index in [9.17, 15) is 4.79 Å². The first-order valence-electron chi connectivity index (χ1n) is 7.98. The molecule has 1 aromatic rings. The monoisotopic (exact) mass is 366 g/mol. The molecule has 0 saturated carbocycles. The molecule has 2 fully saturated rings. The predicted octanol–water partition coefficient (Wildman–Crippen LogP) is 2.46. The molecule has 4 nitrogen and oxygen atoms in total. The minimum Gasteiger partial charge on any atom is -0.496 e. The molecule has 2 aliphatic heterocycles. The Kier molecular flexibility index (Phi) is 5.03. The van der Waals surface area contributed by atoms with Crippen molar-refractivity contribution in [1.82, 2.24) is 10.2 Å². The third kappa shape index (κ3) is 3.46. The van der Waals surface area contributed by atoms with Crippen molar-refractivity contribution in [2.45, 2.75) is 19.3 Å². The second-order valence-electron chi connectivity index (χ2n) is 6.27. The number of benzene rings is 1. The van der Waals surface area contributed by atoms with Gasteiger partial charge in [0.05, 0.1) is 13.5 Å². The van der Waals surface area contributed by atoms with Gasteiger partial charge in [0, 0.05) is 23.1 Å². The van der Waals surface area contributed by atoms with E-state index in [1.807, 2.05) is 23.1 Å². The Morgan fingerprint density at radius 3 is 2.64 bits per heavy atom. The highest BCUT2D eigenvalue weighted by molar-refractivity contribution is 9.10. The van der Waals surface area contributed by atoms with Gasteiger partial charge in [-0.25, -0.2) is 0 Å². The van der Waals surface area contributed by atoms with Gasteiger partial charge in [-0.2, -0.15) is 0 Å². The van der Waals surface area contributed by atoms with Crippen molar-refractivity contribution in [3.63, 3.8) is 0 Å². The van der Waals surface area contributed by atoms with E-state index in [0.29, 0.717) is 6.42 Å². The van der Waals surface area contributed by atoms with E-state index in [1.165, 1.54) is 0 Å². The molecular weight excluding hydrogens is 344 g/mol. The largest absolute Gasteiger partial charge is 0.496 e. The second-order valence-corrected chi connectivity index (χ2v) is 7.19. The predicted molar refractivity (Wildman–Crippen MR) is 90.1 cm³/mol. The molecule has 3 rings (SSSR count). The van der Waals surface area contributed by atoms with Gasteiger partial charge in [-0.1, -0.05) is 15.9 Å². The van der Waals surface area contributed by atoms with Crippen molar-refractivity contribution in [3.8, 4) is 5.75 Å². The van der Waals surface area contributed by atoms with Crippen molar-refractivity contribution in [2.75, 3.05) is 33.3 Å². The van der Waals surface area contributed by atoms with E-state index < -0.39 is 0 Å². The number of rotatable bonds is 3. The molecule has 0 unspecified atom stereocenters. The van der Waals surface area contributed by atoms with Crippen LogP contribution in [-0.4, -0.2) is 44.1 Å². The zero-order valence-corrected chi connectivity index (χ0v) is 14.6. The molecule has 0 spiro atoms. The minimum atomic E-state index is 0.212. The Morgan fingerprint density at radius 2 is 2.00 bits per heavy atom. The lowest BCUT2D eigenvalue weighted by Gasteiger charge is -2.21. The molecule has 2 aliphatic rings. The van der Waals surface area contributed by atoms with Crippen molar-refractivity contribution in [2.24, 2.45) is 11.8 Å². The average Bonchev–Trinajstić information content (AvgIpc) is 2.86. The van der Waals surface area contributed by atoms with E-state index in [4.69, 9.17) is 4.74 Å². The van der Waals surface area contributed by atoms with Gasteiger partial charge >= 0.3 is 0 Å². The molecule has 0 aliphatic carbocycles. The first-order chi connectivity index (χ1) is 10.7. The van der Waals surface area contributed by atoms with Crippen LogP contribution in [0, 0.1) is 11.8 Å². The van der Waals surface area contributed by atoms with E-state index in [-0.39, 0.29) is 5.91 Å². The molecule has 1 aromatic carbocycles. The Bertz CT molecular complexity index is 535. The summed E-state index contributed by atoms with van der Waals surface area (Å²) < 4.78 is 6.35. The summed E-state index contributed by atoms with van der Waals surface area (Å²) in [5.74, 6) is 2.49. The molecule has 2 saturated heterocycles. The summed E-state index contributed by atoms with van der Waals surface area (Å²) in [6, 6.07) is 5.82. The molecular formula is C17H23BrN2O2. The van der Waals surface area contributed by atoms with E-state index >= 15 is 0 Å². The van der Waals surface area contributed by atoms with Crippen molar-refractivity contribution < 1.29 is 9.53 Å². The smallest absolute Gasteiger partial charge is 0.227 e. The Balaban J connectivity index is 1.65. The first-order valence-corrected chi connectivity index (χ1v) is 8.77. The Labute approximate surface area is 140 Å². The van der Waals surface area contributed by atoms with E-state index in [2.05, 4.69) is 21.2 Å². The van der Waals surface area contributed by atoms with Crippen LogP contribution in [0.2, 0.25) is 0 Å². The van der Waals surface area contributed by atoms with Crippen molar-refractivity contribution >= 4 is 21.8 Å². The van der Waals surface area contributed by atoms with Crippen molar-refractivity contribution in [3.05, 3.63) is 28.2 Å². The summed E-state index contributed by atoms with van der Waals surface area (Å²) in [4.78, 5) is 14.7. The zero-order valence-electron chi connectivity index (χ0n) is 13.0. The fourth-order valence-corrected chi connectivity index (χ4v) is 4.04. The third-order valence-corrected chi connectivity index (χ3v) is 5.45. The number of carbonyl (C=O) groups is 1. The number of fused-ring (bicyclic) bond motifs is 1. The lowest BCUT2D eigenvalue weighted by molar-refractivity contribution is -0.130. The number of hydrogen-bond donors (Lipinski definition) is 1. The summed E-state index contributed by atoms with van der Waals surface area (Å²) in [6.07, 6.45) is 2.66. The maximum absolute atomic E-state index is 12.7. The molecule has 120 valence electrons. The fraction of sp³-hybridized carbons (Fsp3) is 0.588. The van der Waals surface area contributed by atoms with E-state index in [1.54, 1.807) is 7.11 Å². The van der Waals surface area contributed by atoms with Crippen LogP contribution in [0.25, 0.3) is 0 Å². The molecule has 22 heavy (non-hydrogen) atoms. The minimum absolute atomic E-state index is 0.212. The van der Waals surface area contributed by atoms with Crippen LogP contribution < -0.4 is 10.1 Å². The van der Waals surface area contributed by atoms with Gasteiger partial charge < -0.3 is 15.0 Å². The molecule has 5 heteroatoms. The molecule has 2 atom stereocenters. The third-order valence-electron chi connectivity index (χ3n) is 4.96. The van der Waals surface area contributed by atoms with Crippen LogP contribution in [0.4, 0.5) is 0 Å². The molecule has 0 radical (unpaired) electrons. The number of amides is 1. The lowest BCUT2D eigenvalue weighted by atomic mass is 9.92. The summed E-state index contributed by atoms with van der Waals surface area (Å²) >= 11 is 3.47. The van der Waals surface area contributed by atoms with Gasteiger partial charge in [-0.3, -0.25) is 4.79 Å². The van der Waals surface area contributed by atoms with Crippen LogP contribution in [0.15, 0.2) is 22.7 Å². The molecule has 0 bridgehead atoms. The van der Waals surface area contributed by atoms with Gasteiger partial charge in [-0.15, -0.1) is 0 Å². The van der Waals surface area contributed by atoms with Gasteiger partial charge in [-0.05, 0) is 56.0 Å². The fourth-order valence-electron chi connectivity index (χ4n) is 3.63. The van der Waals surface area contributed by atoms with Gasteiger partial charge in [0.2, 0.25) is 5.91 Å². The highest BCUT2D eigenvalue weighted by atomic mass is 79.9. The first kappa shape index (κ1) is 15.8. The molecule has 1 N–H and O–H groups in total. The quantitative estimate of drug-likeness (QED) is 0.893. The highest BCUT2D eigenvalue weighted by Crippen LogP contribution is 2.28. The van der Waals surface area contributed by atoms with Crippen LogP contribution >= 0.6 is 15.9 Å². The van der Waals surface area contributed by atoms with Gasteiger partial charge in [0.15, 0.2) is 0 Å². The summed E-state index contributed by atoms with van der Waals surface area (Å²) in [6.45, 7) is 4.01. The average molecular weight is 367 g/mol. The number of methoxy groups -OCH3 is 1. The molecule has 1 amide bonds. The Hall–Kier alpha value is -1.07. The standard InChI is InChI=1S/C17H23BrN2O2/c1-22-16-3-2-15(18)8-14(16)9-17(21)20-6-4-12-10-19-11-13(12)5-7-20/h2-3,8,12-13,19H,4-7,9-11H2,1H3/t12-,13+. The van der Waals surface area contributed by atoms with E-state index in [0.717, 1.165) is 66.6 Å². The van der Waals surface area contributed by atoms with Crippen LogP contribution in [-0.2, 0) is 11.2 Å². The summed E-state index contributed by atoms with van der Waals surface area (Å²) in [5.41, 5.74) is 0.952. The summed E-state index contributed by atoms with van der Waals surface area (Å²) in [5, 5.41) is 3.47. The molecule has 0 aromatic heterocycles. The topological polar surface area (TPSA) is 41.6 Å².